The van der Waals surface area contributed by atoms with Gasteiger partial charge in [0.2, 0.25) is 0 Å². The average molecular weight is 331 g/mol. The van der Waals surface area contributed by atoms with E-state index in [9.17, 15) is 8.76 Å². The van der Waals surface area contributed by atoms with E-state index in [1.807, 2.05) is 0 Å². The average Bonchev–Trinajstić information content (AvgIpc) is 1.36. The van der Waals surface area contributed by atoms with Crippen LogP contribution in [0.2, 0.25) is 0 Å². The zero-order valence-electron chi connectivity index (χ0n) is 2.56. The first-order valence-electron chi connectivity index (χ1n) is 1.01. The molecule has 0 aromatic carbocycles. The van der Waals surface area contributed by atoms with E-state index in [-0.39, 0.29) is 1.26 Å². The smallest absolute Gasteiger partial charge is 0.124 e. The molecule has 5 heteroatoms. The van der Waals surface area contributed by atoms with Crippen LogP contribution in [0.4, 0.5) is 0 Å². The molecule has 6 heavy (non-hydrogen) atoms. The van der Waals surface area contributed by atoms with E-state index in [1.165, 1.54) is 0 Å². The fraction of sp³-hybridized carbons (Fsp3) is 1.00. The van der Waals surface area contributed by atoms with Gasteiger partial charge in [0.25, 0.3) is 0 Å². The molecule has 0 saturated carbocycles. The Hall–Kier alpha value is 1.57. The Labute approximate surface area is 65.6 Å². The molecule has 0 N–H and O–H groups in total. The van der Waals surface area contributed by atoms with E-state index in [0.29, 0.717) is 0 Å². The minimum atomic E-state index is -1.89. The molecule has 38 valence electrons. The van der Waals surface area contributed by atoms with Crippen molar-refractivity contribution in [2.75, 3.05) is 0 Å². The third-order valence-corrected chi connectivity index (χ3v) is 2.93. The van der Waals surface area contributed by atoms with Gasteiger partial charge in [-0.2, -0.15) is 0 Å². The Morgan fingerprint density at radius 1 is 1.67 bits per heavy atom. The number of alkyl halides is 2. The van der Waals surface area contributed by atoms with Crippen LogP contribution in [-0.4, -0.2) is 10.0 Å². The van der Waals surface area contributed by atoms with E-state index in [2.05, 4.69) is 0 Å². The molecule has 0 fully saturated rings. The van der Waals surface area contributed by atoms with Gasteiger partial charge >= 0.3 is 0 Å². The van der Waals surface area contributed by atoms with Crippen LogP contribution in [-0.2, 0) is 11.1 Å². The fourth-order valence-electron chi connectivity index (χ4n) is 0. The van der Waals surface area contributed by atoms with Crippen molar-refractivity contribution in [3.63, 3.8) is 0 Å². The van der Waals surface area contributed by atoms with Crippen LogP contribution in [0.5, 0.6) is 0 Å². The van der Waals surface area contributed by atoms with Gasteiger partial charge in [0.05, 0.1) is 0 Å². The summed E-state index contributed by atoms with van der Waals surface area (Å²) in [6.45, 7) is 0. The summed E-state index contributed by atoms with van der Waals surface area (Å²) >= 11 is 1.72. The zero-order chi connectivity index (χ0) is 5.15. The Balaban J connectivity index is 3.26. The topological polar surface area (TPSA) is 40.1 Å². The van der Waals surface area contributed by atoms with Crippen LogP contribution in [0.15, 0.2) is 0 Å². The summed E-state index contributed by atoms with van der Waals surface area (Å²) in [5, 5.41) is 0. The van der Waals surface area contributed by atoms with Gasteiger partial charge in [0, 0.05) is 0 Å². The first-order valence-corrected chi connectivity index (χ1v) is 4.63. The highest BCUT2D eigenvalue weighted by atomic mass is 127. The number of rotatable bonds is 1. The van der Waals surface area contributed by atoms with Crippen LogP contribution >= 0.6 is 45.2 Å². The highest BCUT2D eigenvalue weighted by Gasteiger charge is 1.90. The standard InChI is InChI=1S/CH2I2O2S/c2-1(3)6(4)5/h1H,(H,4,5)/p-1. The molecule has 1 unspecified atom stereocenters. The minimum Gasteiger partial charge on any atom is -0.771 e. The second kappa shape index (κ2) is 3.56. The third-order valence-electron chi connectivity index (χ3n) is 0.145. The third kappa shape index (κ3) is 3.75. The summed E-state index contributed by atoms with van der Waals surface area (Å²) in [7, 11) is 0. The quantitative estimate of drug-likeness (QED) is 0.409. The molecule has 2 nitrogen and oxygen atoms in total. The molecule has 0 aromatic rings. The van der Waals surface area contributed by atoms with Gasteiger partial charge in [0.1, 0.15) is 1.26 Å². The van der Waals surface area contributed by atoms with Crippen LogP contribution in [0, 0.1) is 0 Å². The lowest BCUT2D eigenvalue weighted by Crippen LogP contribution is -1.93. The first kappa shape index (κ1) is 7.57. The molecule has 0 bridgehead atoms. The van der Waals surface area contributed by atoms with Crippen molar-refractivity contribution >= 4 is 56.3 Å². The predicted molar refractivity (Wildman–Crippen MR) is 40.7 cm³/mol. The van der Waals surface area contributed by atoms with Crippen molar-refractivity contribution in [1.82, 2.24) is 0 Å². The van der Waals surface area contributed by atoms with Gasteiger partial charge in [-0.1, -0.05) is 45.2 Å². The SMILES string of the molecule is O=S([O-])C(I)I. The van der Waals surface area contributed by atoms with Gasteiger partial charge in [0.15, 0.2) is 0 Å². The molecule has 1 atom stereocenters. The summed E-state index contributed by atoms with van der Waals surface area (Å²) in [5.74, 6) is 0. The predicted octanol–water partition coefficient (Wildman–Crippen LogP) is 1.02. The molecule has 0 amide bonds. The summed E-state index contributed by atoms with van der Waals surface area (Å²) < 4.78 is 19.1. The van der Waals surface area contributed by atoms with Crippen molar-refractivity contribution in [3.05, 3.63) is 0 Å². The van der Waals surface area contributed by atoms with Crippen molar-refractivity contribution < 1.29 is 8.76 Å². The molecule has 0 rings (SSSR count). The van der Waals surface area contributed by atoms with Crippen molar-refractivity contribution in [3.8, 4) is 0 Å². The molecule has 0 aliphatic rings. The van der Waals surface area contributed by atoms with Gasteiger partial charge < -0.3 is 4.55 Å². The van der Waals surface area contributed by atoms with Gasteiger partial charge in [-0.25, -0.2) is 0 Å². The van der Waals surface area contributed by atoms with Crippen LogP contribution in [0.25, 0.3) is 0 Å². The van der Waals surface area contributed by atoms with Gasteiger partial charge in [-0.05, 0) is 11.1 Å². The maximum Gasteiger partial charge on any atom is 0.124 e. The first-order chi connectivity index (χ1) is 2.64. The summed E-state index contributed by atoms with van der Waals surface area (Å²) in [6.07, 6.45) is 0. The molecule has 0 radical (unpaired) electrons. The summed E-state index contributed by atoms with van der Waals surface area (Å²) in [4.78, 5) is 0. The molecule has 0 aliphatic heterocycles. The highest BCUT2D eigenvalue weighted by molar-refractivity contribution is 14.2. The molecule has 0 aromatic heterocycles. The maximum absolute atomic E-state index is 9.68. The van der Waals surface area contributed by atoms with Gasteiger partial charge in [-0.15, -0.1) is 0 Å². The Kier molecular flexibility index (Phi) is 4.49. The Morgan fingerprint density at radius 3 is 1.83 bits per heavy atom. The van der Waals surface area contributed by atoms with Crippen LogP contribution in [0.1, 0.15) is 0 Å². The molecule has 0 heterocycles. The lowest BCUT2D eigenvalue weighted by molar-refractivity contribution is 0.542. The zero-order valence-corrected chi connectivity index (χ0v) is 7.69. The van der Waals surface area contributed by atoms with Crippen molar-refractivity contribution in [1.29, 1.82) is 0 Å². The highest BCUT2D eigenvalue weighted by Crippen LogP contribution is 2.11. The second-order valence-corrected chi connectivity index (χ2v) is 8.08. The number of hydrogen-bond donors (Lipinski definition) is 0. The van der Waals surface area contributed by atoms with E-state index >= 15 is 0 Å². The van der Waals surface area contributed by atoms with Crippen molar-refractivity contribution in [2.24, 2.45) is 0 Å². The molecule has 0 spiro atoms. The number of halogens is 2. The Bertz CT molecular complexity index is 62.6. The lowest BCUT2D eigenvalue weighted by Gasteiger charge is -2.01. The summed E-state index contributed by atoms with van der Waals surface area (Å²) in [5.41, 5.74) is 0. The second-order valence-electron chi connectivity index (χ2n) is 0.521. The largest absolute Gasteiger partial charge is 0.771 e. The van der Waals surface area contributed by atoms with Crippen LogP contribution < -0.4 is 0 Å². The molecular formula is CHI2O2S-. The molecular weight excluding hydrogens is 330 g/mol. The maximum atomic E-state index is 9.68. The summed E-state index contributed by atoms with van der Waals surface area (Å²) in [6, 6.07) is 0. The minimum absolute atomic E-state index is 0.291. The Morgan fingerprint density at radius 2 is 1.83 bits per heavy atom. The fourth-order valence-corrected chi connectivity index (χ4v) is 0. The van der Waals surface area contributed by atoms with E-state index < -0.39 is 11.1 Å². The van der Waals surface area contributed by atoms with E-state index in [1.54, 1.807) is 45.2 Å². The van der Waals surface area contributed by atoms with Crippen LogP contribution in [0.3, 0.4) is 0 Å². The monoisotopic (exact) mass is 331 g/mol. The van der Waals surface area contributed by atoms with Gasteiger partial charge in [-0.3, -0.25) is 4.21 Å². The normalized spacial score (nSPS) is 15.3. The lowest BCUT2D eigenvalue weighted by atomic mass is 11.9. The molecule has 0 aliphatic carbocycles. The van der Waals surface area contributed by atoms with E-state index in [4.69, 9.17) is 0 Å². The van der Waals surface area contributed by atoms with E-state index in [0.717, 1.165) is 0 Å². The molecule has 0 saturated heterocycles. The van der Waals surface area contributed by atoms with Crippen molar-refractivity contribution in [2.45, 2.75) is 1.26 Å². The number of hydrogen-bond acceptors (Lipinski definition) is 2.